The van der Waals surface area contributed by atoms with Gasteiger partial charge >= 0.3 is 6.09 Å². The van der Waals surface area contributed by atoms with Gasteiger partial charge < -0.3 is 29.5 Å². The third-order valence-electron chi connectivity index (χ3n) is 12.0. The number of rotatable bonds is 7. The quantitative estimate of drug-likeness (QED) is 0.159. The molecule has 11 heteroatoms. The molecule has 2 aromatic carbocycles. The molecule has 4 fully saturated rings. The average Bonchev–Trinajstić information content (AvgIpc) is 3.11. The lowest BCUT2D eigenvalue weighted by molar-refractivity contribution is -0.108. The summed E-state index contributed by atoms with van der Waals surface area (Å²) < 4.78 is 21.7. The second-order valence-corrected chi connectivity index (χ2v) is 15.1. The van der Waals surface area contributed by atoms with E-state index in [2.05, 4.69) is 36.0 Å². The molecule has 2 bridgehead atoms. The molecule has 1 aliphatic heterocycles. The zero-order valence-electron chi connectivity index (χ0n) is 30.0. The summed E-state index contributed by atoms with van der Waals surface area (Å²) in [6.07, 6.45) is 5.13. The highest BCUT2D eigenvalue weighted by atomic mass is 19.1. The molecule has 268 valence electrons. The molecular formula is C40H47FN6O4. The zero-order chi connectivity index (χ0) is 36.0. The van der Waals surface area contributed by atoms with Gasteiger partial charge in [0.15, 0.2) is 5.96 Å². The maximum atomic E-state index is 14.9. The van der Waals surface area contributed by atoms with Crippen molar-refractivity contribution in [3.05, 3.63) is 88.7 Å². The molecule has 8 rings (SSSR count). The smallest absolute Gasteiger partial charge is 0.407 e. The van der Waals surface area contributed by atoms with E-state index in [0.29, 0.717) is 71.6 Å². The molecule has 4 aromatic rings. The summed E-state index contributed by atoms with van der Waals surface area (Å²) in [5, 5.41) is 14.7. The maximum Gasteiger partial charge on any atom is 0.407 e. The fourth-order valence-electron chi connectivity index (χ4n) is 8.71. The van der Waals surface area contributed by atoms with Crippen LogP contribution in [0.2, 0.25) is 0 Å². The van der Waals surface area contributed by atoms with E-state index in [1.807, 2.05) is 43.3 Å². The number of benzene rings is 2. The number of methoxy groups -OCH3 is 1. The van der Waals surface area contributed by atoms with Gasteiger partial charge in [0.25, 0.3) is 5.56 Å². The molecule has 51 heavy (non-hydrogen) atoms. The molecule has 5 atom stereocenters. The van der Waals surface area contributed by atoms with Crippen LogP contribution in [0.5, 0.6) is 5.75 Å². The topological polar surface area (TPSA) is 112 Å². The summed E-state index contributed by atoms with van der Waals surface area (Å²) in [7, 11) is 1.50. The number of carbonyl (C=O) groups is 1. The molecule has 0 spiro atoms. The van der Waals surface area contributed by atoms with Crippen molar-refractivity contribution in [1.82, 2.24) is 19.4 Å². The Labute approximate surface area is 298 Å². The molecule has 10 nitrogen and oxygen atoms in total. The van der Waals surface area contributed by atoms with Gasteiger partial charge in [-0.3, -0.25) is 9.78 Å². The number of carboxylic acid groups (broad SMARTS) is 1. The van der Waals surface area contributed by atoms with Gasteiger partial charge in [-0.1, -0.05) is 26.8 Å². The average molecular weight is 695 g/mol. The number of nitrogens with zero attached hydrogens (tertiary/aromatic N) is 5. The fraction of sp³-hybridized carbons (Fsp3) is 0.450. The van der Waals surface area contributed by atoms with Gasteiger partial charge in [0.05, 0.1) is 18.8 Å². The van der Waals surface area contributed by atoms with E-state index >= 15 is 0 Å². The Morgan fingerprint density at radius 3 is 2.61 bits per heavy atom. The fourth-order valence-corrected chi connectivity index (χ4v) is 8.71. The number of anilines is 1. The van der Waals surface area contributed by atoms with Crippen LogP contribution in [0.3, 0.4) is 0 Å². The maximum absolute atomic E-state index is 14.9. The number of guanidine groups is 1. The number of piperazine rings is 1. The third-order valence-corrected chi connectivity index (χ3v) is 12.0. The van der Waals surface area contributed by atoms with Crippen LogP contribution < -0.4 is 15.6 Å². The standard InChI is InChI=1S/C40H47FN6O4/c1-24-23-45(15-16-46(24)39(49)50)38(44-35-20-29-19-33(25(35)2)40(29,3)4)43-30-9-11-32-28(17-30)18-36(27-7-6-13-42-22-27)47(37(32)48)14-12-26-8-10-31(51-5)21-34(26)41/h6-11,13,17-18,21-22,24-25,29,33,35H,12,14-16,19-20,23H2,1-5H3,(H,43,44)(H,49,50)/t24-,25+,29+,33+,35-/m0/s1. The highest BCUT2D eigenvalue weighted by molar-refractivity contribution is 5.97. The number of hydrogen-bond donors (Lipinski definition) is 2. The highest BCUT2D eigenvalue weighted by Crippen LogP contribution is 2.61. The van der Waals surface area contributed by atoms with Crippen LogP contribution >= 0.6 is 0 Å². The first-order valence-corrected chi connectivity index (χ1v) is 17.9. The number of hydrogen-bond acceptors (Lipinski definition) is 5. The third kappa shape index (κ3) is 6.54. The number of nitrogens with one attached hydrogen (secondary N) is 1. The Kier molecular flexibility index (Phi) is 9.24. The van der Waals surface area contributed by atoms with E-state index in [0.717, 1.165) is 29.0 Å². The lowest BCUT2D eigenvalue weighted by atomic mass is 9.45. The first kappa shape index (κ1) is 34.5. The number of halogens is 1. The van der Waals surface area contributed by atoms with Crippen LogP contribution in [0.25, 0.3) is 22.0 Å². The van der Waals surface area contributed by atoms with Crippen molar-refractivity contribution in [2.75, 3.05) is 32.1 Å². The molecule has 2 N–H and O–H groups in total. The number of pyridine rings is 2. The Morgan fingerprint density at radius 2 is 1.94 bits per heavy atom. The largest absolute Gasteiger partial charge is 0.497 e. The zero-order valence-corrected chi connectivity index (χ0v) is 30.0. The van der Waals surface area contributed by atoms with Crippen molar-refractivity contribution in [2.24, 2.45) is 28.2 Å². The number of amides is 1. The predicted molar refractivity (Wildman–Crippen MR) is 198 cm³/mol. The van der Waals surface area contributed by atoms with E-state index in [1.54, 1.807) is 29.1 Å². The van der Waals surface area contributed by atoms with Crippen molar-refractivity contribution in [1.29, 1.82) is 0 Å². The van der Waals surface area contributed by atoms with Gasteiger partial charge in [-0.15, -0.1) is 0 Å². The minimum atomic E-state index is -0.907. The van der Waals surface area contributed by atoms with Gasteiger partial charge in [0, 0.05) is 67.3 Å². The molecule has 3 aliphatic carbocycles. The first-order chi connectivity index (χ1) is 24.4. The van der Waals surface area contributed by atoms with E-state index in [1.165, 1.54) is 24.5 Å². The Balaban J connectivity index is 1.23. The van der Waals surface area contributed by atoms with Crippen LogP contribution in [-0.4, -0.2) is 75.3 Å². The SMILES string of the molecule is COc1ccc(CCn2c(-c3cccnc3)cc3cc(NC(=N[C@H]4C[C@H]5C[C@H]([C@H]4C)C5(C)C)N4CCN(C(=O)O)[C@@H](C)C4)ccc3c2=O)c(F)c1. The monoisotopic (exact) mass is 694 g/mol. The Hall–Kier alpha value is -4.93. The van der Waals surface area contributed by atoms with Gasteiger partial charge in [0.1, 0.15) is 11.6 Å². The second kappa shape index (κ2) is 13.7. The number of fused-ring (bicyclic) bond motifs is 3. The van der Waals surface area contributed by atoms with Crippen molar-refractivity contribution in [3.63, 3.8) is 0 Å². The minimum Gasteiger partial charge on any atom is -0.497 e. The summed E-state index contributed by atoms with van der Waals surface area (Å²) >= 11 is 0. The molecule has 3 heterocycles. The Bertz CT molecular complexity index is 2030. The highest BCUT2D eigenvalue weighted by Gasteiger charge is 2.56. The van der Waals surface area contributed by atoms with Crippen LogP contribution in [0.15, 0.2) is 76.8 Å². The number of aryl methyl sites for hydroxylation is 1. The van der Waals surface area contributed by atoms with Crippen LogP contribution in [0.4, 0.5) is 14.9 Å². The van der Waals surface area contributed by atoms with Crippen molar-refractivity contribution >= 4 is 28.5 Å². The lowest BCUT2D eigenvalue weighted by Crippen LogP contribution is -2.58. The summed E-state index contributed by atoms with van der Waals surface area (Å²) in [4.78, 5) is 39.4. The van der Waals surface area contributed by atoms with Crippen molar-refractivity contribution < 1.29 is 19.0 Å². The molecule has 2 aromatic heterocycles. The summed E-state index contributed by atoms with van der Waals surface area (Å²) in [5.41, 5.74) is 2.93. The molecule has 4 aliphatic rings. The van der Waals surface area contributed by atoms with Gasteiger partial charge in [-0.05, 0) is 103 Å². The van der Waals surface area contributed by atoms with E-state index < -0.39 is 6.09 Å². The molecule has 3 saturated carbocycles. The van der Waals surface area contributed by atoms with Gasteiger partial charge in [0.2, 0.25) is 0 Å². The Morgan fingerprint density at radius 1 is 1.12 bits per heavy atom. The van der Waals surface area contributed by atoms with E-state index in [4.69, 9.17) is 9.73 Å². The normalized spacial score (nSPS) is 24.3. The molecule has 1 saturated heterocycles. The van der Waals surface area contributed by atoms with Gasteiger partial charge in [-0.2, -0.15) is 0 Å². The van der Waals surface area contributed by atoms with Gasteiger partial charge in [-0.25, -0.2) is 14.2 Å². The van der Waals surface area contributed by atoms with Crippen molar-refractivity contribution in [2.45, 2.75) is 65.6 Å². The van der Waals surface area contributed by atoms with E-state index in [9.17, 15) is 19.1 Å². The minimum absolute atomic E-state index is 0.164. The number of aromatic nitrogens is 2. The predicted octanol–water partition coefficient (Wildman–Crippen LogP) is 6.98. The summed E-state index contributed by atoms with van der Waals surface area (Å²) in [5.74, 6) is 2.52. The first-order valence-electron chi connectivity index (χ1n) is 17.9. The van der Waals surface area contributed by atoms with Crippen LogP contribution in [-0.2, 0) is 13.0 Å². The lowest BCUT2D eigenvalue weighted by Gasteiger charge is -2.61. The number of aliphatic imine (C=N–C) groups is 1. The molecule has 1 amide bonds. The van der Waals surface area contributed by atoms with Crippen LogP contribution in [0.1, 0.15) is 46.1 Å². The van der Waals surface area contributed by atoms with E-state index in [-0.39, 0.29) is 30.0 Å². The number of ether oxygens (including phenoxy) is 1. The summed E-state index contributed by atoms with van der Waals surface area (Å²) in [6, 6.07) is 16.2. The molecular weight excluding hydrogens is 647 g/mol. The van der Waals surface area contributed by atoms with Crippen molar-refractivity contribution in [3.8, 4) is 17.0 Å². The van der Waals surface area contributed by atoms with Crippen LogP contribution in [0, 0.1) is 29.0 Å². The second-order valence-electron chi connectivity index (χ2n) is 15.1. The summed E-state index contributed by atoms with van der Waals surface area (Å²) in [6.45, 7) is 10.7. The molecule has 0 unspecified atom stereocenters. The molecule has 0 radical (unpaired) electrons.